The number of nitrogens with zero attached hydrogens (tertiary/aromatic N) is 2. The number of anilines is 1. The van der Waals surface area contributed by atoms with Crippen molar-refractivity contribution in [3.8, 4) is 11.4 Å². The minimum atomic E-state index is 0.537. The molecule has 0 radical (unpaired) electrons. The Labute approximate surface area is 122 Å². The summed E-state index contributed by atoms with van der Waals surface area (Å²) in [4.78, 5) is 9.06. The molecule has 0 amide bonds. The zero-order valence-electron chi connectivity index (χ0n) is 11.7. The summed E-state index contributed by atoms with van der Waals surface area (Å²) in [6.45, 7) is 6.35. The Hall–Kier alpha value is -1.42. The van der Waals surface area contributed by atoms with Crippen LogP contribution in [0.3, 0.4) is 0 Å². The van der Waals surface area contributed by atoms with Crippen molar-refractivity contribution in [2.24, 2.45) is 0 Å². The van der Waals surface area contributed by atoms with Gasteiger partial charge in [0.05, 0.1) is 10.2 Å². The number of halogens is 1. The third-order valence-electron chi connectivity index (χ3n) is 3.09. The number of rotatable bonds is 3. The lowest BCUT2D eigenvalue weighted by atomic mass is 10.0. The number of nitrogens with one attached hydrogen (secondary N) is 1. The van der Waals surface area contributed by atoms with Crippen molar-refractivity contribution >= 4 is 21.7 Å². The van der Waals surface area contributed by atoms with Gasteiger partial charge >= 0.3 is 0 Å². The Morgan fingerprint density at radius 2 is 1.74 bits per heavy atom. The van der Waals surface area contributed by atoms with Gasteiger partial charge in [0.2, 0.25) is 0 Å². The highest BCUT2D eigenvalue weighted by atomic mass is 79.9. The van der Waals surface area contributed by atoms with E-state index in [0.29, 0.717) is 5.92 Å². The van der Waals surface area contributed by atoms with Gasteiger partial charge in [-0.05, 0) is 34.3 Å². The lowest BCUT2D eigenvalue weighted by Crippen LogP contribution is -2.00. The number of hydrogen-bond donors (Lipinski definition) is 1. The molecule has 0 aliphatic rings. The van der Waals surface area contributed by atoms with Crippen LogP contribution in [0.5, 0.6) is 0 Å². The predicted molar refractivity (Wildman–Crippen MR) is 83.5 cm³/mol. The van der Waals surface area contributed by atoms with Crippen molar-refractivity contribution in [2.45, 2.75) is 26.7 Å². The van der Waals surface area contributed by atoms with Gasteiger partial charge in [-0.1, -0.05) is 38.1 Å². The molecule has 0 spiro atoms. The fourth-order valence-electron chi connectivity index (χ4n) is 1.87. The van der Waals surface area contributed by atoms with E-state index in [-0.39, 0.29) is 0 Å². The van der Waals surface area contributed by atoms with Gasteiger partial charge in [0.25, 0.3) is 0 Å². The standard InChI is InChI=1S/C15H18BrN3/c1-9(2)11-5-7-12(8-6-11)14-18-10(3)13(16)15(17-4)19-14/h5-9H,1-4H3,(H,17,18,19). The van der Waals surface area contributed by atoms with Crippen molar-refractivity contribution < 1.29 is 0 Å². The van der Waals surface area contributed by atoms with Crippen LogP contribution in [-0.2, 0) is 0 Å². The molecule has 0 unspecified atom stereocenters. The van der Waals surface area contributed by atoms with Gasteiger partial charge in [-0.15, -0.1) is 0 Å². The number of aryl methyl sites for hydroxylation is 1. The molecule has 19 heavy (non-hydrogen) atoms. The average molecular weight is 320 g/mol. The maximum atomic E-state index is 4.53. The largest absolute Gasteiger partial charge is 0.372 e. The fourth-order valence-corrected chi connectivity index (χ4v) is 2.25. The summed E-state index contributed by atoms with van der Waals surface area (Å²) in [6.07, 6.45) is 0. The first-order valence-electron chi connectivity index (χ1n) is 6.35. The van der Waals surface area contributed by atoms with Gasteiger partial charge in [-0.2, -0.15) is 0 Å². The first-order chi connectivity index (χ1) is 9.02. The maximum Gasteiger partial charge on any atom is 0.161 e. The molecule has 4 heteroatoms. The smallest absolute Gasteiger partial charge is 0.161 e. The molecule has 0 saturated carbocycles. The van der Waals surface area contributed by atoms with Gasteiger partial charge in [0.15, 0.2) is 5.82 Å². The van der Waals surface area contributed by atoms with Crippen LogP contribution in [0, 0.1) is 6.92 Å². The average Bonchev–Trinajstić information content (AvgIpc) is 2.41. The maximum absolute atomic E-state index is 4.53. The Morgan fingerprint density at radius 1 is 1.11 bits per heavy atom. The van der Waals surface area contributed by atoms with Crippen molar-refractivity contribution in [2.75, 3.05) is 12.4 Å². The Balaban J connectivity index is 2.44. The first kappa shape index (κ1) is 14.0. The van der Waals surface area contributed by atoms with Crippen molar-refractivity contribution in [1.29, 1.82) is 0 Å². The summed E-state index contributed by atoms with van der Waals surface area (Å²) < 4.78 is 0.914. The number of hydrogen-bond acceptors (Lipinski definition) is 3. The van der Waals surface area contributed by atoms with E-state index in [1.165, 1.54) is 5.56 Å². The van der Waals surface area contributed by atoms with Crippen LogP contribution in [0.1, 0.15) is 31.0 Å². The van der Waals surface area contributed by atoms with E-state index in [1.54, 1.807) is 0 Å². The second-order valence-electron chi connectivity index (χ2n) is 4.82. The van der Waals surface area contributed by atoms with Crippen LogP contribution in [0.15, 0.2) is 28.7 Å². The Bertz CT molecular complexity index is 577. The molecule has 2 aromatic rings. The van der Waals surface area contributed by atoms with E-state index in [9.17, 15) is 0 Å². The lowest BCUT2D eigenvalue weighted by molar-refractivity contribution is 0.867. The predicted octanol–water partition coefficient (Wildman–Crippen LogP) is 4.38. The van der Waals surface area contributed by atoms with Gasteiger partial charge in [0, 0.05) is 12.6 Å². The van der Waals surface area contributed by atoms with Gasteiger partial charge in [-0.3, -0.25) is 0 Å². The zero-order valence-corrected chi connectivity index (χ0v) is 13.2. The molecule has 100 valence electrons. The summed E-state index contributed by atoms with van der Waals surface area (Å²) in [5.74, 6) is 2.10. The molecule has 0 aliphatic heterocycles. The van der Waals surface area contributed by atoms with Gasteiger partial charge in [-0.25, -0.2) is 9.97 Å². The Kier molecular flexibility index (Phi) is 4.20. The SMILES string of the molecule is CNc1nc(-c2ccc(C(C)C)cc2)nc(C)c1Br. The summed E-state index contributed by atoms with van der Waals surface area (Å²) in [5.41, 5.74) is 3.30. The quantitative estimate of drug-likeness (QED) is 0.912. The topological polar surface area (TPSA) is 37.8 Å². The first-order valence-corrected chi connectivity index (χ1v) is 7.14. The van der Waals surface area contributed by atoms with Crippen LogP contribution in [0.2, 0.25) is 0 Å². The second-order valence-corrected chi connectivity index (χ2v) is 5.61. The zero-order chi connectivity index (χ0) is 14.0. The molecule has 1 N–H and O–H groups in total. The summed E-state index contributed by atoms with van der Waals surface area (Å²) in [7, 11) is 1.86. The van der Waals surface area contributed by atoms with Crippen LogP contribution in [-0.4, -0.2) is 17.0 Å². The third kappa shape index (κ3) is 2.95. The fraction of sp³-hybridized carbons (Fsp3) is 0.333. The molecular formula is C15H18BrN3. The minimum absolute atomic E-state index is 0.537. The summed E-state index contributed by atoms with van der Waals surface area (Å²) in [6, 6.07) is 8.44. The molecule has 1 aromatic carbocycles. The number of benzene rings is 1. The monoisotopic (exact) mass is 319 g/mol. The molecular weight excluding hydrogens is 302 g/mol. The van der Waals surface area contributed by atoms with Crippen molar-refractivity contribution in [1.82, 2.24) is 9.97 Å². The van der Waals surface area contributed by atoms with Crippen LogP contribution in [0.25, 0.3) is 11.4 Å². The molecule has 2 rings (SSSR count). The van der Waals surface area contributed by atoms with E-state index in [0.717, 1.165) is 27.4 Å². The van der Waals surface area contributed by atoms with E-state index < -0.39 is 0 Å². The normalized spacial score (nSPS) is 10.8. The van der Waals surface area contributed by atoms with E-state index in [4.69, 9.17) is 0 Å². The highest BCUT2D eigenvalue weighted by molar-refractivity contribution is 9.10. The third-order valence-corrected chi connectivity index (χ3v) is 4.04. The molecule has 0 bridgehead atoms. The molecule has 0 fully saturated rings. The lowest BCUT2D eigenvalue weighted by Gasteiger charge is -2.10. The van der Waals surface area contributed by atoms with Gasteiger partial charge < -0.3 is 5.32 Å². The summed E-state index contributed by atoms with van der Waals surface area (Å²) in [5, 5.41) is 3.08. The molecule has 1 aromatic heterocycles. The van der Waals surface area contributed by atoms with Crippen molar-refractivity contribution in [3.63, 3.8) is 0 Å². The summed E-state index contributed by atoms with van der Waals surface area (Å²) >= 11 is 3.49. The second kappa shape index (κ2) is 5.70. The minimum Gasteiger partial charge on any atom is -0.372 e. The molecule has 0 atom stereocenters. The molecule has 3 nitrogen and oxygen atoms in total. The van der Waals surface area contributed by atoms with Gasteiger partial charge in [0.1, 0.15) is 5.82 Å². The van der Waals surface area contributed by atoms with E-state index >= 15 is 0 Å². The highest BCUT2D eigenvalue weighted by Gasteiger charge is 2.10. The number of aromatic nitrogens is 2. The van der Waals surface area contributed by atoms with Crippen LogP contribution < -0.4 is 5.32 Å². The molecule has 1 heterocycles. The van der Waals surface area contributed by atoms with Crippen LogP contribution in [0.4, 0.5) is 5.82 Å². The molecule has 0 saturated heterocycles. The molecule has 0 aliphatic carbocycles. The van der Waals surface area contributed by atoms with E-state index in [2.05, 4.69) is 69.3 Å². The van der Waals surface area contributed by atoms with E-state index in [1.807, 2.05) is 14.0 Å². The highest BCUT2D eigenvalue weighted by Crippen LogP contribution is 2.27. The Morgan fingerprint density at radius 3 is 2.26 bits per heavy atom. The van der Waals surface area contributed by atoms with Crippen molar-refractivity contribution in [3.05, 3.63) is 40.0 Å². The van der Waals surface area contributed by atoms with Crippen LogP contribution >= 0.6 is 15.9 Å².